The van der Waals surface area contributed by atoms with Crippen molar-refractivity contribution < 1.29 is 0 Å². The lowest BCUT2D eigenvalue weighted by atomic mass is 10.1. The molecule has 0 radical (unpaired) electrons. The van der Waals surface area contributed by atoms with E-state index in [4.69, 9.17) is 4.98 Å². The number of hydrogen-bond acceptors (Lipinski definition) is 3. The van der Waals surface area contributed by atoms with Crippen LogP contribution >= 0.6 is 11.8 Å². The van der Waals surface area contributed by atoms with Crippen LogP contribution in [-0.4, -0.2) is 9.55 Å². The Hall–Kier alpha value is -2.85. The molecule has 4 aromatic rings. The Bertz CT molecular complexity index is 1150. The van der Waals surface area contributed by atoms with Gasteiger partial charge in [0, 0.05) is 5.75 Å². The number of para-hydroxylation sites is 1. The van der Waals surface area contributed by atoms with Crippen molar-refractivity contribution >= 4 is 22.7 Å². The second-order valence-electron chi connectivity index (χ2n) is 6.67. The van der Waals surface area contributed by atoms with E-state index in [0.29, 0.717) is 10.5 Å². The molecule has 4 rings (SSSR count). The van der Waals surface area contributed by atoms with E-state index in [1.54, 1.807) is 16.3 Å². The van der Waals surface area contributed by atoms with E-state index in [1.807, 2.05) is 68.4 Å². The molecule has 134 valence electrons. The van der Waals surface area contributed by atoms with E-state index in [2.05, 4.69) is 18.2 Å². The Balaban J connectivity index is 1.88. The van der Waals surface area contributed by atoms with Crippen LogP contribution in [0.1, 0.15) is 16.7 Å². The topological polar surface area (TPSA) is 34.9 Å². The quantitative estimate of drug-likeness (QED) is 0.360. The van der Waals surface area contributed by atoms with Crippen molar-refractivity contribution in [2.24, 2.45) is 0 Å². The van der Waals surface area contributed by atoms with Gasteiger partial charge in [-0.1, -0.05) is 60.3 Å². The molecular formula is C23H20N2OS. The molecule has 0 atom stereocenters. The van der Waals surface area contributed by atoms with Crippen molar-refractivity contribution in [2.45, 2.75) is 24.8 Å². The Morgan fingerprint density at radius 1 is 0.889 bits per heavy atom. The fourth-order valence-electron chi connectivity index (χ4n) is 3.24. The first-order valence-electron chi connectivity index (χ1n) is 8.89. The van der Waals surface area contributed by atoms with Gasteiger partial charge in [0.1, 0.15) is 0 Å². The van der Waals surface area contributed by atoms with Crippen LogP contribution in [0.5, 0.6) is 0 Å². The molecule has 0 bridgehead atoms. The predicted molar refractivity (Wildman–Crippen MR) is 113 cm³/mol. The zero-order valence-electron chi connectivity index (χ0n) is 15.3. The monoisotopic (exact) mass is 372 g/mol. The second-order valence-corrected chi connectivity index (χ2v) is 7.61. The minimum Gasteiger partial charge on any atom is -0.268 e. The van der Waals surface area contributed by atoms with Gasteiger partial charge in [-0.05, 0) is 54.8 Å². The van der Waals surface area contributed by atoms with Crippen LogP contribution in [0.25, 0.3) is 16.6 Å². The molecule has 0 N–H and O–H groups in total. The highest BCUT2D eigenvalue weighted by atomic mass is 32.2. The zero-order valence-corrected chi connectivity index (χ0v) is 16.2. The molecule has 0 unspecified atom stereocenters. The number of thioether (sulfide) groups is 1. The third kappa shape index (κ3) is 3.67. The van der Waals surface area contributed by atoms with Crippen molar-refractivity contribution in [3.8, 4) is 5.69 Å². The average Bonchev–Trinajstić information content (AvgIpc) is 2.66. The molecule has 0 aliphatic heterocycles. The third-order valence-electron chi connectivity index (χ3n) is 4.42. The lowest BCUT2D eigenvalue weighted by molar-refractivity contribution is 0.818. The molecule has 27 heavy (non-hydrogen) atoms. The molecule has 1 heterocycles. The first-order chi connectivity index (χ1) is 13.1. The molecule has 3 aromatic carbocycles. The minimum absolute atomic E-state index is 0.0267. The summed E-state index contributed by atoms with van der Waals surface area (Å²) in [5, 5.41) is 1.35. The Kier molecular flexibility index (Phi) is 4.82. The molecule has 0 aliphatic rings. The van der Waals surface area contributed by atoms with E-state index < -0.39 is 0 Å². The van der Waals surface area contributed by atoms with Crippen LogP contribution in [-0.2, 0) is 5.75 Å². The Morgan fingerprint density at radius 2 is 1.56 bits per heavy atom. The van der Waals surface area contributed by atoms with Crippen molar-refractivity contribution in [3.63, 3.8) is 0 Å². The van der Waals surface area contributed by atoms with E-state index in [0.717, 1.165) is 28.1 Å². The molecule has 0 aliphatic carbocycles. The van der Waals surface area contributed by atoms with Crippen LogP contribution in [0.3, 0.4) is 0 Å². The van der Waals surface area contributed by atoms with Gasteiger partial charge in [0.2, 0.25) is 0 Å². The number of aryl methyl sites for hydroxylation is 2. The van der Waals surface area contributed by atoms with Gasteiger partial charge in [-0.2, -0.15) is 0 Å². The predicted octanol–water partition coefficient (Wildman–Crippen LogP) is 5.29. The largest absolute Gasteiger partial charge is 0.268 e. The first kappa shape index (κ1) is 17.6. The van der Waals surface area contributed by atoms with E-state index in [1.165, 1.54) is 5.56 Å². The van der Waals surface area contributed by atoms with Gasteiger partial charge in [0.25, 0.3) is 5.56 Å². The summed E-state index contributed by atoms with van der Waals surface area (Å²) in [5.74, 6) is 0.760. The fraction of sp³-hybridized carbons (Fsp3) is 0.130. The summed E-state index contributed by atoms with van der Waals surface area (Å²) in [4.78, 5) is 18.1. The minimum atomic E-state index is -0.0267. The summed E-state index contributed by atoms with van der Waals surface area (Å²) in [7, 11) is 0. The van der Waals surface area contributed by atoms with Gasteiger partial charge < -0.3 is 0 Å². The SMILES string of the molecule is Cc1cc(C)cc(-n2c(SCc3ccccc3)nc3ccccc3c2=O)c1. The highest BCUT2D eigenvalue weighted by Crippen LogP contribution is 2.25. The molecule has 3 nitrogen and oxygen atoms in total. The molecule has 0 saturated heterocycles. The van der Waals surface area contributed by atoms with Crippen LogP contribution in [0.15, 0.2) is 82.7 Å². The van der Waals surface area contributed by atoms with Crippen molar-refractivity contribution in [2.75, 3.05) is 0 Å². The molecule has 0 saturated carbocycles. The standard InChI is InChI=1S/C23H20N2OS/c1-16-12-17(2)14-19(13-16)25-22(26)20-10-6-7-11-21(20)24-23(25)27-15-18-8-4-3-5-9-18/h3-14H,15H2,1-2H3. The highest BCUT2D eigenvalue weighted by molar-refractivity contribution is 7.98. The van der Waals surface area contributed by atoms with Crippen molar-refractivity contribution in [3.05, 3.63) is 99.8 Å². The molecule has 4 heteroatoms. The van der Waals surface area contributed by atoms with Crippen LogP contribution < -0.4 is 5.56 Å². The maximum Gasteiger partial charge on any atom is 0.266 e. The van der Waals surface area contributed by atoms with Gasteiger partial charge in [0.05, 0.1) is 16.6 Å². The normalized spacial score (nSPS) is 11.0. The zero-order chi connectivity index (χ0) is 18.8. The van der Waals surface area contributed by atoms with Gasteiger partial charge >= 0.3 is 0 Å². The molecule has 0 spiro atoms. The third-order valence-corrected chi connectivity index (χ3v) is 5.43. The number of aromatic nitrogens is 2. The number of nitrogens with zero attached hydrogens (tertiary/aromatic N) is 2. The first-order valence-corrected chi connectivity index (χ1v) is 9.87. The maximum atomic E-state index is 13.3. The van der Waals surface area contributed by atoms with E-state index in [-0.39, 0.29) is 5.56 Å². The smallest absolute Gasteiger partial charge is 0.266 e. The van der Waals surface area contributed by atoms with E-state index >= 15 is 0 Å². The van der Waals surface area contributed by atoms with Crippen LogP contribution in [0.4, 0.5) is 0 Å². The molecular weight excluding hydrogens is 352 g/mol. The Labute approximate surface area is 162 Å². The summed E-state index contributed by atoms with van der Waals surface area (Å²) < 4.78 is 1.75. The van der Waals surface area contributed by atoms with E-state index in [9.17, 15) is 4.79 Å². The number of fused-ring (bicyclic) bond motifs is 1. The molecule has 1 aromatic heterocycles. The lowest BCUT2D eigenvalue weighted by Gasteiger charge is -2.14. The second kappa shape index (κ2) is 7.41. The summed E-state index contributed by atoms with van der Waals surface area (Å²) in [6.07, 6.45) is 0. The summed E-state index contributed by atoms with van der Waals surface area (Å²) >= 11 is 1.59. The van der Waals surface area contributed by atoms with Gasteiger partial charge in [0.15, 0.2) is 5.16 Å². The fourth-order valence-corrected chi connectivity index (χ4v) is 4.21. The van der Waals surface area contributed by atoms with Gasteiger partial charge in [-0.25, -0.2) is 4.98 Å². The summed E-state index contributed by atoms with van der Waals surface area (Å²) in [5.41, 5.74) is 5.04. The molecule has 0 amide bonds. The summed E-state index contributed by atoms with van der Waals surface area (Å²) in [6.45, 7) is 4.10. The number of hydrogen-bond donors (Lipinski definition) is 0. The van der Waals surface area contributed by atoms with Gasteiger partial charge in [-0.15, -0.1) is 0 Å². The van der Waals surface area contributed by atoms with Crippen LogP contribution in [0, 0.1) is 13.8 Å². The number of benzene rings is 3. The van der Waals surface area contributed by atoms with Crippen molar-refractivity contribution in [1.82, 2.24) is 9.55 Å². The van der Waals surface area contributed by atoms with Crippen molar-refractivity contribution in [1.29, 1.82) is 0 Å². The molecule has 0 fully saturated rings. The average molecular weight is 372 g/mol. The lowest BCUT2D eigenvalue weighted by Crippen LogP contribution is -2.22. The Morgan fingerprint density at radius 3 is 2.30 bits per heavy atom. The van der Waals surface area contributed by atoms with Gasteiger partial charge in [-0.3, -0.25) is 9.36 Å². The van der Waals surface area contributed by atoms with Crippen LogP contribution in [0.2, 0.25) is 0 Å². The highest BCUT2D eigenvalue weighted by Gasteiger charge is 2.14. The summed E-state index contributed by atoms with van der Waals surface area (Å²) in [6, 6.07) is 24.0. The maximum absolute atomic E-state index is 13.3. The number of rotatable bonds is 4.